The van der Waals surface area contributed by atoms with Crippen LogP contribution < -0.4 is 16.5 Å². The van der Waals surface area contributed by atoms with Gasteiger partial charge in [-0.3, -0.25) is 5.41 Å². The van der Waals surface area contributed by atoms with E-state index in [1.807, 2.05) is 0 Å². The van der Waals surface area contributed by atoms with Crippen molar-refractivity contribution in [3.8, 4) is 0 Å². The lowest BCUT2D eigenvalue weighted by atomic mass is 10.2. The van der Waals surface area contributed by atoms with Gasteiger partial charge >= 0.3 is 6.18 Å². The number of rotatable bonds is 4. The quantitative estimate of drug-likeness (QED) is 0.214. The Hall–Kier alpha value is -2.95. The Morgan fingerprint density at radius 1 is 1.36 bits per heavy atom. The maximum atomic E-state index is 12.8. The van der Waals surface area contributed by atoms with E-state index in [1.54, 1.807) is 0 Å². The van der Waals surface area contributed by atoms with Gasteiger partial charge in [0.05, 0.1) is 10.7 Å². The molecule has 0 bridgehead atoms. The van der Waals surface area contributed by atoms with Crippen molar-refractivity contribution in [2.45, 2.75) is 6.18 Å². The summed E-state index contributed by atoms with van der Waals surface area (Å²) in [5, 5.41) is 19.2. The number of benzene rings is 1. The zero-order valence-corrected chi connectivity index (χ0v) is 13.4. The number of hydrogen-bond acceptors (Lipinski definition) is 6. The van der Waals surface area contributed by atoms with E-state index < -0.39 is 11.7 Å². The Kier molecular flexibility index (Phi) is 5.37. The van der Waals surface area contributed by atoms with Crippen LogP contribution in [0.5, 0.6) is 0 Å². The van der Waals surface area contributed by atoms with E-state index >= 15 is 0 Å². The normalized spacial score (nSPS) is 11.6. The van der Waals surface area contributed by atoms with Crippen molar-refractivity contribution in [2.75, 3.05) is 17.7 Å². The first-order valence-corrected chi connectivity index (χ1v) is 7.02. The van der Waals surface area contributed by atoms with E-state index in [0.29, 0.717) is 17.4 Å². The van der Waals surface area contributed by atoms with Gasteiger partial charge in [0.2, 0.25) is 5.95 Å². The van der Waals surface area contributed by atoms with Crippen molar-refractivity contribution in [2.24, 2.45) is 16.2 Å². The lowest BCUT2D eigenvalue weighted by Crippen LogP contribution is -2.12. The van der Waals surface area contributed by atoms with Crippen molar-refractivity contribution in [3.05, 3.63) is 40.5 Å². The Labute approximate surface area is 144 Å². The molecular formula is C13H12ClF3N8. The lowest BCUT2D eigenvalue weighted by Gasteiger charge is -2.13. The zero-order chi connectivity index (χ0) is 18.6. The second-order valence-electron chi connectivity index (χ2n) is 4.59. The highest BCUT2D eigenvalue weighted by atomic mass is 35.5. The average Bonchev–Trinajstić information content (AvgIpc) is 2.55. The molecule has 0 saturated heterocycles. The molecular weight excluding hydrogens is 361 g/mol. The van der Waals surface area contributed by atoms with Crippen LogP contribution in [0.15, 0.2) is 34.7 Å². The first-order chi connectivity index (χ1) is 11.8. The third-order valence-electron chi connectivity index (χ3n) is 2.98. The van der Waals surface area contributed by atoms with E-state index in [4.69, 9.17) is 22.9 Å². The second kappa shape index (κ2) is 7.30. The largest absolute Gasteiger partial charge is 0.421 e. The topological polar surface area (TPSA) is 124 Å². The molecule has 2 rings (SSSR count). The molecule has 0 aliphatic heterocycles. The minimum Gasteiger partial charge on any atom is -0.372 e. The summed E-state index contributed by atoms with van der Waals surface area (Å²) in [6.45, 7) is 0. The monoisotopic (exact) mass is 372 g/mol. The summed E-state index contributed by atoms with van der Waals surface area (Å²) < 4.78 is 38.5. The number of nitrogens with two attached hydrogens (primary N) is 1. The minimum absolute atomic E-state index is 0.0799. The first-order valence-electron chi connectivity index (χ1n) is 6.64. The van der Waals surface area contributed by atoms with Crippen LogP contribution in [0.25, 0.3) is 0 Å². The van der Waals surface area contributed by atoms with Gasteiger partial charge in [0.15, 0.2) is 5.84 Å². The molecule has 0 saturated carbocycles. The number of halogens is 4. The van der Waals surface area contributed by atoms with Crippen molar-refractivity contribution < 1.29 is 13.2 Å². The van der Waals surface area contributed by atoms with Gasteiger partial charge in [0.1, 0.15) is 11.4 Å². The van der Waals surface area contributed by atoms with Crippen LogP contribution in [0.3, 0.4) is 0 Å². The molecule has 0 unspecified atom stereocenters. The predicted octanol–water partition coefficient (Wildman–Crippen LogP) is 3.59. The standard InChI is InChI=1S/C13H12ClF3N8/c1-20-11-7(13(15,16)17)5-21-12(23-11)22-9-3-2-6(4-8(9)14)10(18)24-25-19/h2-5H,1H3,(H3,18,19,24)(H2,20,21,22,23). The second-order valence-corrected chi connectivity index (χ2v) is 4.99. The fourth-order valence-electron chi connectivity index (χ4n) is 1.84. The molecule has 0 fully saturated rings. The summed E-state index contributed by atoms with van der Waals surface area (Å²) >= 11 is 6.09. The molecule has 0 amide bonds. The highest BCUT2D eigenvalue weighted by Gasteiger charge is 2.35. The molecule has 5 N–H and O–H groups in total. The number of nitrogens with one attached hydrogen (secondary N) is 3. The van der Waals surface area contributed by atoms with Crippen LogP contribution in [0.4, 0.5) is 30.6 Å². The molecule has 0 aliphatic rings. The third kappa shape index (κ3) is 4.32. The smallest absolute Gasteiger partial charge is 0.372 e. The number of alkyl halides is 3. The van der Waals surface area contributed by atoms with Crippen molar-refractivity contribution in [3.63, 3.8) is 0 Å². The first kappa shape index (κ1) is 18.4. The van der Waals surface area contributed by atoms with Crippen LogP contribution in [0.2, 0.25) is 5.02 Å². The van der Waals surface area contributed by atoms with E-state index in [-0.39, 0.29) is 22.6 Å². The van der Waals surface area contributed by atoms with Crippen LogP contribution in [-0.2, 0) is 6.18 Å². The van der Waals surface area contributed by atoms with Gasteiger partial charge in [0.25, 0.3) is 0 Å². The highest BCUT2D eigenvalue weighted by Crippen LogP contribution is 2.34. The molecule has 25 heavy (non-hydrogen) atoms. The van der Waals surface area contributed by atoms with Gasteiger partial charge in [-0.05, 0) is 18.2 Å². The van der Waals surface area contributed by atoms with Crippen LogP contribution in [0.1, 0.15) is 11.1 Å². The molecule has 0 atom stereocenters. The Morgan fingerprint density at radius 3 is 2.64 bits per heavy atom. The summed E-state index contributed by atoms with van der Waals surface area (Å²) in [6, 6.07) is 4.43. The van der Waals surface area contributed by atoms with Crippen molar-refractivity contribution >= 4 is 34.9 Å². The molecule has 8 nitrogen and oxygen atoms in total. The fraction of sp³-hybridized carbons (Fsp3) is 0.154. The van der Waals surface area contributed by atoms with Crippen LogP contribution >= 0.6 is 11.6 Å². The van der Waals surface area contributed by atoms with E-state index in [2.05, 4.69) is 30.9 Å². The number of amidine groups is 1. The molecule has 12 heteroatoms. The summed E-state index contributed by atoms with van der Waals surface area (Å²) in [5.41, 5.74) is -0.290. The minimum atomic E-state index is -4.58. The van der Waals surface area contributed by atoms with Crippen LogP contribution in [-0.4, -0.2) is 22.9 Å². The zero-order valence-electron chi connectivity index (χ0n) is 12.7. The number of hydrogen-bond donors (Lipinski definition) is 4. The van der Waals surface area contributed by atoms with E-state index in [9.17, 15) is 13.2 Å². The maximum Gasteiger partial charge on any atom is 0.421 e. The molecule has 0 radical (unpaired) electrons. The van der Waals surface area contributed by atoms with Gasteiger partial charge in [0, 0.05) is 18.8 Å². The molecule has 1 heterocycles. The van der Waals surface area contributed by atoms with Gasteiger partial charge in [-0.25, -0.2) is 4.98 Å². The molecule has 132 valence electrons. The highest BCUT2D eigenvalue weighted by molar-refractivity contribution is 6.33. The molecule has 1 aromatic heterocycles. The van der Waals surface area contributed by atoms with Gasteiger partial charge in [-0.1, -0.05) is 16.8 Å². The average molecular weight is 373 g/mol. The summed E-state index contributed by atoms with van der Waals surface area (Å²) in [4.78, 5) is 7.42. The van der Waals surface area contributed by atoms with Crippen molar-refractivity contribution in [1.29, 1.82) is 5.41 Å². The number of anilines is 3. The van der Waals surface area contributed by atoms with Crippen molar-refractivity contribution in [1.82, 2.24) is 9.97 Å². The third-order valence-corrected chi connectivity index (χ3v) is 3.29. The number of nitrogens with zero attached hydrogens (tertiary/aromatic N) is 4. The summed E-state index contributed by atoms with van der Waals surface area (Å²) in [5.74, 6) is 4.23. The predicted molar refractivity (Wildman–Crippen MR) is 87.2 cm³/mol. The summed E-state index contributed by atoms with van der Waals surface area (Å²) in [7, 11) is 1.32. The molecule has 1 aromatic carbocycles. The SMILES string of the molecule is CNc1nc(Nc2ccc(C(=N)/N=N\N)cc2Cl)ncc1C(F)(F)F. The summed E-state index contributed by atoms with van der Waals surface area (Å²) in [6.07, 6.45) is -3.91. The number of aromatic nitrogens is 2. The Morgan fingerprint density at radius 2 is 2.08 bits per heavy atom. The molecule has 0 aliphatic carbocycles. The Bertz CT molecular complexity index is 821. The van der Waals surface area contributed by atoms with E-state index in [1.165, 1.54) is 25.2 Å². The van der Waals surface area contributed by atoms with Gasteiger partial charge in [-0.2, -0.15) is 18.2 Å². The molecule has 2 aromatic rings. The fourth-order valence-corrected chi connectivity index (χ4v) is 2.07. The van der Waals surface area contributed by atoms with Crippen LogP contribution in [0, 0.1) is 5.41 Å². The maximum absolute atomic E-state index is 12.8. The molecule has 0 spiro atoms. The lowest BCUT2D eigenvalue weighted by molar-refractivity contribution is -0.137. The Balaban J connectivity index is 2.29. The van der Waals surface area contributed by atoms with E-state index in [0.717, 1.165) is 0 Å². The van der Waals surface area contributed by atoms with Gasteiger partial charge < -0.3 is 16.5 Å². The van der Waals surface area contributed by atoms with Gasteiger partial charge in [-0.15, -0.1) is 5.11 Å².